The van der Waals surface area contributed by atoms with E-state index in [4.69, 9.17) is 14.2 Å². The van der Waals surface area contributed by atoms with Gasteiger partial charge in [0.1, 0.15) is 29.6 Å². The number of aliphatic hydroxyl groups excluding tert-OH is 1. The van der Waals surface area contributed by atoms with Gasteiger partial charge in [0.15, 0.2) is 11.5 Å². The molecule has 2 aromatic carbocycles. The molecule has 4 rings (SSSR count). The van der Waals surface area contributed by atoms with Crippen LogP contribution in [0.3, 0.4) is 0 Å². The smallest absolute Gasteiger partial charge is 0.344 e. The number of aliphatic imine (C=N–C) groups is 1. The zero-order valence-corrected chi connectivity index (χ0v) is 17.8. The molecule has 32 heavy (non-hydrogen) atoms. The highest BCUT2D eigenvalue weighted by Gasteiger charge is 2.33. The van der Waals surface area contributed by atoms with Crippen molar-refractivity contribution in [2.75, 3.05) is 19.8 Å². The summed E-state index contributed by atoms with van der Waals surface area (Å²) in [4.78, 5) is 27.8. The summed E-state index contributed by atoms with van der Waals surface area (Å²) in [5.74, 6) is 0.227. The summed E-state index contributed by atoms with van der Waals surface area (Å²) < 4.78 is 16.2. The van der Waals surface area contributed by atoms with Crippen molar-refractivity contribution in [1.82, 2.24) is 0 Å². The minimum absolute atomic E-state index is 0.0906. The maximum absolute atomic E-state index is 12.5. The van der Waals surface area contributed by atoms with Crippen LogP contribution in [0, 0.1) is 10.1 Å². The normalized spacial score (nSPS) is 17.7. The lowest BCUT2D eigenvalue weighted by Gasteiger charge is -2.18. The van der Waals surface area contributed by atoms with Crippen LogP contribution in [0.25, 0.3) is 6.08 Å². The number of esters is 1. The largest absolute Gasteiger partial charge is 0.506 e. The fraction of sp³-hybridized carbons (Fsp3) is 0.182. The molecule has 0 bridgehead atoms. The van der Waals surface area contributed by atoms with Crippen molar-refractivity contribution in [2.24, 2.45) is 4.99 Å². The van der Waals surface area contributed by atoms with Gasteiger partial charge in [0.05, 0.1) is 22.1 Å². The molecule has 0 saturated carbocycles. The number of carbonyl (C=O) groups is 1. The number of fused-ring (bicyclic) bond motifs is 1. The van der Waals surface area contributed by atoms with E-state index in [0.29, 0.717) is 29.6 Å². The van der Waals surface area contributed by atoms with Gasteiger partial charge < -0.3 is 19.3 Å². The lowest BCUT2D eigenvalue weighted by molar-refractivity contribution is -0.384. The van der Waals surface area contributed by atoms with Gasteiger partial charge in [-0.15, -0.1) is 0 Å². The van der Waals surface area contributed by atoms with Crippen LogP contribution in [0.4, 0.5) is 11.4 Å². The molecule has 0 amide bonds. The van der Waals surface area contributed by atoms with Crippen molar-refractivity contribution in [3.05, 3.63) is 74.4 Å². The number of rotatable bonds is 5. The molecule has 0 aromatic heterocycles. The fourth-order valence-corrected chi connectivity index (χ4v) is 4.12. The lowest BCUT2D eigenvalue weighted by atomic mass is 10.1. The van der Waals surface area contributed by atoms with Gasteiger partial charge >= 0.3 is 5.97 Å². The number of nitrogens with zero attached hydrogens (tertiary/aromatic N) is 2. The fourth-order valence-electron chi connectivity index (χ4n) is 3.09. The van der Waals surface area contributed by atoms with Crippen LogP contribution in [0.5, 0.6) is 11.5 Å². The minimum Gasteiger partial charge on any atom is -0.506 e. The van der Waals surface area contributed by atoms with Crippen LogP contribution in [0.1, 0.15) is 12.5 Å². The molecule has 2 aromatic rings. The quantitative estimate of drug-likeness (QED) is 0.397. The van der Waals surface area contributed by atoms with E-state index in [9.17, 15) is 20.0 Å². The Morgan fingerprint density at radius 2 is 2.03 bits per heavy atom. The van der Waals surface area contributed by atoms with E-state index in [1.807, 2.05) is 0 Å². The summed E-state index contributed by atoms with van der Waals surface area (Å²) in [6, 6.07) is 11.0. The molecule has 0 spiro atoms. The van der Waals surface area contributed by atoms with Gasteiger partial charge in [-0.25, -0.2) is 9.79 Å². The molecule has 0 unspecified atom stereocenters. The SMILES string of the molecule is CCOC(=O)C1=C(O)C(=Cc2ccc3c(c2)OCCO3)SC1=Nc1cccc([N+](=O)[O-])c1. The number of hydrogen-bond acceptors (Lipinski definition) is 9. The second-order valence-corrected chi connectivity index (χ2v) is 7.68. The maximum Gasteiger partial charge on any atom is 0.344 e. The Hall–Kier alpha value is -3.79. The van der Waals surface area contributed by atoms with Crippen LogP contribution in [-0.2, 0) is 9.53 Å². The Balaban J connectivity index is 1.73. The molecule has 2 aliphatic heterocycles. The second kappa shape index (κ2) is 9.15. The van der Waals surface area contributed by atoms with Crippen molar-refractivity contribution in [3.8, 4) is 11.5 Å². The number of aliphatic hydroxyl groups is 1. The van der Waals surface area contributed by atoms with Crippen LogP contribution in [-0.4, -0.2) is 40.9 Å². The van der Waals surface area contributed by atoms with E-state index >= 15 is 0 Å². The highest BCUT2D eigenvalue weighted by atomic mass is 32.2. The van der Waals surface area contributed by atoms with Gasteiger partial charge in [-0.3, -0.25) is 10.1 Å². The molecule has 0 atom stereocenters. The van der Waals surface area contributed by atoms with Crippen molar-refractivity contribution < 1.29 is 29.0 Å². The van der Waals surface area contributed by atoms with Crippen LogP contribution in [0.15, 0.2) is 63.7 Å². The van der Waals surface area contributed by atoms with Crippen molar-refractivity contribution in [2.45, 2.75) is 6.92 Å². The number of benzene rings is 2. The number of thioether (sulfide) groups is 1. The van der Waals surface area contributed by atoms with Gasteiger partial charge in [-0.05, 0) is 36.8 Å². The highest BCUT2D eigenvalue weighted by molar-refractivity contribution is 8.18. The molecule has 2 heterocycles. The minimum atomic E-state index is -0.729. The van der Waals surface area contributed by atoms with Gasteiger partial charge in [-0.1, -0.05) is 23.9 Å². The first-order valence-corrected chi connectivity index (χ1v) is 10.5. The Morgan fingerprint density at radius 1 is 1.25 bits per heavy atom. The molecule has 9 nitrogen and oxygen atoms in total. The van der Waals surface area contributed by atoms with Crippen molar-refractivity contribution >= 4 is 40.2 Å². The monoisotopic (exact) mass is 454 g/mol. The van der Waals surface area contributed by atoms with E-state index in [1.54, 1.807) is 37.3 Å². The molecule has 0 radical (unpaired) electrons. The first-order chi connectivity index (χ1) is 15.5. The Kier molecular flexibility index (Phi) is 6.13. The highest BCUT2D eigenvalue weighted by Crippen LogP contribution is 2.41. The average molecular weight is 454 g/mol. The van der Waals surface area contributed by atoms with Gasteiger partial charge in [0.2, 0.25) is 0 Å². The maximum atomic E-state index is 12.5. The molecule has 164 valence electrons. The van der Waals surface area contributed by atoms with E-state index in [0.717, 1.165) is 17.3 Å². The van der Waals surface area contributed by atoms with Crippen LogP contribution < -0.4 is 9.47 Å². The molecule has 1 N–H and O–H groups in total. The molecule has 10 heteroatoms. The Bertz CT molecular complexity index is 1190. The molecule has 2 aliphatic rings. The van der Waals surface area contributed by atoms with Crippen molar-refractivity contribution in [1.29, 1.82) is 0 Å². The molecule has 0 fully saturated rings. The zero-order valence-electron chi connectivity index (χ0n) is 16.9. The van der Waals surface area contributed by atoms with Gasteiger partial charge in [0, 0.05) is 12.1 Å². The van der Waals surface area contributed by atoms with Crippen LogP contribution >= 0.6 is 11.8 Å². The van der Waals surface area contributed by atoms with Crippen LogP contribution in [0.2, 0.25) is 0 Å². The third-order valence-corrected chi connectivity index (χ3v) is 5.53. The summed E-state index contributed by atoms with van der Waals surface area (Å²) in [6.07, 6.45) is 1.69. The lowest BCUT2D eigenvalue weighted by Crippen LogP contribution is -2.15. The Morgan fingerprint density at radius 3 is 2.78 bits per heavy atom. The molecular weight excluding hydrogens is 436 g/mol. The standard InChI is InChI=1S/C22H18N2O7S/c1-2-29-22(26)19-20(25)18(11-13-6-7-16-17(10-13)31-9-8-30-16)32-21(19)23-14-4-3-5-15(12-14)24(27)28/h3-7,10-12,25H,2,8-9H2,1H3. The zero-order chi connectivity index (χ0) is 22.7. The number of hydrogen-bond donors (Lipinski definition) is 1. The number of non-ortho nitro benzene ring substituents is 1. The molecule has 0 aliphatic carbocycles. The predicted octanol–water partition coefficient (Wildman–Crippen LogP) is 4.56. The van der Waals surface area contributed by atoms with Gasteiger partial charge in [0.25, 0.3) is 5.69 Å². The van der Waals surface area contributed by atoms with Crippen molar-refractivity contribution in [3.63, 3.8) is 0 Å². The summed E-state index contributed by atoms with van der Waals surface area (Å²) in [7, 11) is 0. The first-order valence-electron chi connectivity index (χ1n) is 9.69. The molecule has 0 saturated heterocycles. The third kappa shape index (κ3) is 4.45. The average Bonchev–Trinajstić information content (AvgIpc) is 3.08. The topological polar surface area (TPSA) is 120 Å². The second-order valence-electron chi connectivity index (χ2n) is 6.65. The Labute approximate surface area is 187 Å². The van der Waals surface area contributed by atoms with E-state index in [1.165, 1.54) is 18.2 Å². The summed E-state index contributed by atoms with van der Waals surface area (Å²) in [5.41, 5.74) is 0.778. The summed E-state index contributed by atoms with van der Waals surface area (Å²) >= 11 is 1.07. The number of nitro groups is 1. The van der Waals surface area contributed by atoms with Gasteiger partial charge in [-0.2, -0.15) is 0 Å². The predicted molar refractivity (Wildman–Crippen MR) is 119 cm³/mol. The summed E-state index contributed by atoms with van der Waals surface area (Å²) in [5, 5.41) is 22.0. The molecular formula is C22H18N2O7S. The summed E-state index contributed by atoms with van der Waals surface area (Å²) in [6.45, 7) is 2.69. The third-order valence-electron chi connectivity index (χ3n) is 4.51. The van der Waals surface area contributed by atoms with E-state index in [-0.39, 0.29) is 34.4 Å². The number of nitro benzene ring substituents is 1. The number of ether oxygens (including phenoxy) is 3. The van der Waals surface area contributed by atoms with E-state index in [2.05, 4.69) is 4.99 Å². The number of carbonyl (C=O) groups excluding carboxylic acids is 1. The van der Waals surface area contributed by atoms with E-state index < -0.39 is 10.9 Å². The first kappa shape index (κ1) is 21.4.